The van der Waals surface area contributed by atoms with Gasteiger partial charge in [0.1, 0.15) is 17.2 Å². The Hall–Kier alpha value is -1.00. The van der Waals surface area contributed by atoms with Crippen molar-refractivity contribution in [2.24, 2.45) is 0 Å². The number of rotatable bonds is 6. The number of halogens is 1. The Balaban J connectivity index is 2.26. The Morgan fingerprint density at radius 3 is 2.94 bits per heavy atom. The number of furan rings is 1. The van der Waals surface area contributed by atoms with E-state index in [-0.39, 0.29) is 11.9 Å². The van der Waals surface area contributed by atoms with Gasteiger partial charge >= 0.3 is 0 Å². The molecule has 0 fully saturated rings. The molecule has 2 rings (SSSR count). The van der Waals surface area contributed by atoms with Gasteiger partial charge in [0.15, 0.2) is 0 Å². The van der Waals surface area contributed by atoms with Crippen LogP contribution in [0.2, 0.25) is 0 Å². The molecule has 0 bridgehead atoms. The summed E-state index contributed by atoms with van der Waals surface area (Å²) in [5, 5.41) is 4.28. The third-order valence-corrected chi connectivity index (χ3v) is 3.48. The van der Waals surface area contributed by atoms with Crippen molar-refractivity contribution in [2.75, 3.05) is 18.6 Å². The first kappa shape index (κ1) is 13.4. The van der Waals surface area contributed by atoms with Crippen LogP contribution >= 0.6 is 11.8 Å². The molecule has 0 aliphatic heterocycles. The number of hydrogen-bond donors (Lipinski definition) is 1. The van der Waals surface area contributed by atoms with Crippen molar-refractivity contribution in [3.05, 3.63) is 35.8 Å². The third-order valence-electron chi connectivity index (χ3n) is 2.81. The molecule has 0 saturated carbocycles. The van der Waals surface area contributed by atoms with Gasteiger partial charge in [-0.1, -0.05) is 6.92 Å². The Labute approximate surface area is 111 Å². The number of hydrogen-bond acceptors (Lipinski definition) is 3. The van der Waals surface area contributed by atoms with Gasteiger partial charge in [0, 0.05) is 11.1 Å². The van der Waals surface area contributed by atoms with Crippen molar-refractivity contribution in [1.82, 2.24) is 5.32 Å². The van der Waals surface area contributed by atoms with Gasteiger partial charge in [-0.05, 0) is 43.5 Å². The highest BCUT2D eigenvalue weighted by Crippen LogP contribution is 2.26. The van der Waals surface area contributed by atoms with E-state index in [4.69, 9.17) is 4.42 Å². The summed E-state index contributed by atoms with van der Waals surface area (Å²) in [5.74, 6) is 1.61. The lowest BCUT2D eigenvalue weighted by Crippen LogP contribution is -2.23. The van der Waals surface area contributed by atoms with E-state index in [1.54, 1.807) is 17.8 Å². The van der Waals surface area contributed by atoms with E-state index in [0.29, 0.717) is 0 Å². The monoisotopic (exact) mass is 267 g/mol. The molecule has 0 aliphatic rings. The highest BCUT2D eigenvalue weighted by atomic mass is 32.2. The van der Waals surface area contributed by atoms with Crippen LogP contribution in [-0.2, 0) is 0 Å². The minimum Gasteiger partial charge on any atom is -0.459 e. The first-order chi connectivity index (χ1) is 8.74. The SMILES string of the molecule is CCCNC(CSC)c1cc2cc(F)ccc2o1. The zero-order chi connectivity index (χ0) is 13.0. The van der Waals surface area contributed by atoms with Gasteiger partial charge in [-0.2, -0.15) is 11.8 Å². The van der Waals surface area contributed by atoms with Gasteiger partial charge in [-0.25, -0.2) is 4.39 Å². The maximum Gasteiger partial charge on any atom is 0.134 e. The first-order valence-corrected chi connectivity index (χ1v) is 7.55. The molecule has 0 aliphatic carbocycles. The molecule has 1 unspecified atom stereocenters. The van der Waals surface area contributed by atoms with Crippen LogP contribution in [0, 0.1) is 5.82 Å². The van der Waals surface area contributed by atoms with Crippen molar-refractivity contribution < 1.29 is 8.81 Å². The summed E-state index contributed by atoms with van der Waals surface area (Å²) in [6.07, 6.45) is 3.16. The van der Waals surface area contributed by atoms with Gasteiger partial charge in [0.2, 0.25) is 0 Å². The van der Waals surface area contributed by atoms with E-state index in [1.807, 2.05) is 6.07 Å². The summed E-state index contributed by atoms with van der Waals surface area (Å²) in [5.41, 5.74) is 0.746. The molecule has 0 amide bonds. The van der Waals surface area contributed by atoms with Crippen LogP contribution in [0.5, 0.6) is 0 Å². The molecule has 0 spiro atoms. The van der Waals surface area contributed by atoms with Crippen molar-refractivity contribution in [3.8, 4) is 0 Å². The lowest BCUT2D eigenvalue weighted by Gasteiger charge is -2.14. The molecule has 18 heavy (non-hydrogen) atoms. The van der Waals surface area contributed by atoms with E-state index in [9.17, 15) is 4.39 Å². The Bertz CT molecular complexity index is 511. The number of thioether (sulfide) groups is 1. The first-order valence-electron chi connectivity index (χ1n) is 6.16. The van der Waals surface area contributed by atoms with Crippen LogP contribution in [0.1, 0.15) is 25.1 Å². The molecular weight excluding hydrogens is 249 g/mol. The normalized spacial score (nSPS) is 13.1. The van der Waals surface area contributed by atoms with Crippen molar-refractivity contribution in [2.45, 2.75) is 19.4 Å². The summed E-state index contributed by atoms with van der Waals surface area (Å²) in [6.45, 7) is 3.09. The van der Waals surface area contributed by atoms with Crippen molar-refractivity contribution in [1.29, 1.82) is 0 Å². The van der Waals surface area contributed by atoms with E-state index in [0.717, 1.165) is 35.4 Å². The Kier molecular flexibility index (Phi) is 4.66. The molecule has 0 saturated heterocycles. The van der Waals surface area contributed by atoms with E-state index < -0.39 is 0 Å². The minimum absolute atomic E-state index is 0.190. The minimum atomic E-state index is -0.224. The van der Waals surface area contributed by atoms with Crippen LogP contribution in [0.25, 0.3) is 11.0 Å². The van der Waals surface area contributed by atoms with Gasteiger partial charge in [0.25, 0.3) is 0 Å². The van der Waals surface area contributed by atoms with Crippen LogP contribution < -0.4 is 5.32 Å². The molecule has 1 heterocycles. The fourth-order valence-electron chi connectivity index (χ4n) is 1.93. The highest BCUT2D eigenvalue weighted by Gasteiger charge is 2.15. The van der Waals surface area contributed by atoms with Crippen molar-refractivity contribution >= 4 is 22.7 Å². The molecule has 2 aromatic rings. The average molecular weight is 267 g/mol. The van der Waals surface area contributed by atoms with Gasteiger partial charge in [0.05, 0.1) is 6.04 Å². The number of nitrogens with one attached hydrogen (secondary N) is 1. The molecule has 1 aromatic heterocycles. The third kappa shape index (κ3) is 3.06. The molecule has 98 valence electrons. The standard InChI is InChI=1S/C14H18FNOS/c1-3-6-16-12(9-18-2)14-8-10-7-11(15)4-5-13(10)17-14/h4-5,7-8,12,16H,3,6,9H2,1-2H3. The molecule has 0 radical (unpaired) electrons. The van der Waals surface area contributed by atoms with Gasteiger partial charge in [-0.15, -0.1) is 0 Å². The second-order valence-corrected chi connectivity index (χ2v) is 5.20. The van der Waals surface area contributed by atoms with Crippen LogP contribution in [0.15, 0.2) is 28.7 Å². The molecule has 1 aromatic carbocycles. The fraction of sp³-hybridized carbons (Fsp3) is 0.429. The molecule has 4 heteroatoms. The number of fused-ring (bicyclic) bond motifs is 1. The predicted octanol–water partition coefficient (Wildman–Crippen LogP) is 3.98. The van der Waals surface area contributed by atoms with Gasteiger partial charge in [-0.3, -0.25) is 0 Å². The second kappa shape index (κ2) is 6.25. The lowest BCUT2D eigenvalue weighted by molar-refractivity contribution is 0.456. The maximum atomic E-state index is 13.1. The molecule has 2 nitrogen and oxygen atoms in total. The molecular formula is C14H18FNOS. The summed E-state index contributed by atoms with van der Waals surface area (Å²) < 4.78 is 18.9. The fourth-order valence-corrected chi connectivity index (χ4v) is 2.55. The molecule has 1 N–H and O–H groups in total. The van der Waals surface area contributed by atoms with Crippen molar-refractivity contribution in [3.63, 3.8) is 0 Å². The van der Waals surface area contributed by atoms with Crippen LogP contribution in [0.3, 0.4) is 0 Å². The second-order valence-electron chi connectivity index (χ2n) is 4.29. The van der Waals surface area contributed by atoms with E-state index >= 15 is 0 Å². The predicted molar refractivity (Wildman–Crippen MR) is 75.6 cm³/mol. The zero-order valence-corrected chi connectivity index (χ0v) is 11.5. The number of benzene rings is 1. The lowest BCUT2D eigenvalue weighted by atomic mass is 10.2. The Morgan fingerprint density at radius 2 is 2.22 bits per heavy atom. The Morgan fingerprint density at radius 1 is 1.39 bits per heavy atom. The van der Waals surface area contributed by atoms with E-state index in [2.05, 4.69) is 18.5 Å². The largest absolute Gasteiger partial charge is 0.459 e. The highest BCUT2D eigenvalue weighted by molar-refractivity contribution is 7.98. The smallest absolute Gasteiger partial charge is 0.134 e. The summed E-state index contributed by atoms with van der Waals surface area (Å²) in [7, 11) is 0. The summed E-state index contributed by atoms with van der Waals surface area (Å²) >= 11 is 1.77. The van der Waals surface area contributed by atoms with Gasteiger partial charge < -0.3 is 9.73 Å². The molecule has 1 atom stereocenters. The van der Waals surface area contributed by atoms with Crippen LogP contribution in [0.4, 0.5) is 4.39 Å². The van der Waals surface area contributed by atoms with Crippen LogP contribution in [-0.4, -0.2) is 18.6 Å². The van der Waals surface area contributed by atoms with E-state index in [1.165, 1.54) is 12.1 Å². The summed E-state index contributed by atoms with van der Waals surface area (Å²) in [4.78, 5) is 0. The topological polar surface area (TPSA) is 25.2 Å². The average Bonchev–Trinajstić information content (AvgIpc) is 2.77. The zero-order valence-electron chi connectivity index (χ0n) is 10.7. The maximum absolute atomic E-state index is 13.1. The summed E-state index contributed by atoms with van der Waals surface area (Å²) in [6, 6.07) is 6.75. The quantitative estimate of drug-likeness (QED) is 0.857.